The van der Waals surface area contributed by atoms with Crippen molar-refractivity contribution in [1.29, 1.82) is 0 Å². The van der Waals surface area contributed by atoms with Crippen molar-refractivity contribution in [3.63, 3.8) is 0 Å². The van der Waals surface area contributed by atoms with Crippen LogP contribution in [0.1, 0.15) is 24.5 Å². The number of nitrogens with two attached hydrogens (primary N) is 1. The number of H-pyrrole nitrogens is 1. The maximum Gasteiger partial charge on any atom is 0.182 e. The van der Waals surface area contributed by atoms with Crippen molar-refractivity contribution in [3.05, 3.63) is 47.5 Å². The molecule has 26 heavy (non-hydrogen) atoms. The molecule has 0 saturated heterocycles. The van der Waals surface area contributed by atoms with Gasteiger partial charge in [0.25, 0.3) is 0 Å². The molecule has 8 nitrogen and oxygen atoms in total. The average Bonchev–Trinajstić information content (AvgIpc) is 3.24. The fourth-order valence-corrected chi connectivity index (χ4v) is 3.15. The number of aromatic nitrogens is 4. The van der Waals surface area contributed by atoms with Crippen molar-refractivity contribution in [2.75, 3.05) is 5.73 Å². The molecule has 0 spiro atoms. The summed E-state index contributed by atoms with van der Waals surface area (Å²) < 4.78 is 0. The van der Waals surface area contributed by atoms with Crippen LogP contribution in [0.5, 0.6) is 0 Å². The van der Waals surface area contributed by atoms with Gasteiger partial charge in [-0.05, 0) is 30.5 Å². The van der Waals surface area contributed by atoms with E-state index in [1.807, 2.05) is 0 Å². The van der Waals surface area contributed by atoms with Gasteiger partial charge in [0.05, 0.1) is 24.6 Å². The smallest absolute Gasteiger partial charge is 0.182 e. The van der Waals surface area contributed by atoms with Crippen LogP contribution < -0.4 is 5.73 Å². The molecule has 0 radical (unpaired) electrons. The molecule has 0 amide bonds. The molecule has 2 aromatic heterocycles. The molecular formula is C17H20ClN5O3. The molecule has 138 valence electrons. The van der Waals surface area contributed by atoms with Gasteiger partial charge in [-0.1, -0.05) is 23.7 Å². The standard InChI is InChI=1S/C12H15ClO3.C5H5N5/c13-8-3-1-7(2-4-8)11(15)9-5-6-10(14)12(9)16;6-4-3-5(9-1-7-3)10-2-8-4/h1-4,9-12,14-16H,5-6H2;1-2H,(H3,6,7,8,9,10). The van der Waals surface area contributed by atoms with E-state index in [9.17, 15) is 15.3 Å². The first-order chi connectivity index (χ1) is 12.5. The second kappa shape index (κ2) is 7.96. The Balaban J connectivity index is 0.000000167. The van der Waals surface area contributed by atoms with E-state index in [-0.39, 0.29) is 5.92 Å². The van der Waals surface area contributed by atoms with Gasteiger partial charge in [-0.25, -0.2) is 15.0 Å². The van der Waals surface area contributed by atoms with Crippen LogP contribution in [0.3, 0.4) is 0 Å². The topological polar surface area (TPSA) is 141 Å². The second-order valence-electron chi connectivity index (χ2n) is 6.16. The first-order valence-corrected chi connectivity index (χ1v) is 8.54. The number of aliphatic hydroxyl groups is 3. The Labute approximate surface area is 154 Å². The summed E-state index contributed by atoms with van der Waals surface area (Å²) in [6, 6.07) is 6.89. The zero-order chi connectivity index (χ0) is 18.7. The zero-order valence-electron chi connectivity index (χ0n) is 13.8. The van der Waals surface area contributed by atoms with Crippen LogP contribution in [-0.2, 0) is 0 Å². The molecule has 1 fully saturated rings. The number of hydrogen-bond acceptors (Lipinski definition) is 7. The van der Waals surface area contributed by atoms with Crippen molar-refractivity contribution < 1.29 is 15.3 Å². The quantitative estimate of drug-likeness (QED) is 0.455. The number of halogens is 1. The average molecular weight is 378 g/mol. The van der Waals surface area contributed by atoms with Gasteiger partial charge >= 0.3 is 0 Å². The van der Waals surface area contributed by atoms with Crippen LogP contribution in [0.4, 0.5) is 5.82 Å². The largest absolute Gasteiger partial charge is 0.390 e. The van der Waals surface area contributed by atoms with Crippen molar-refractivity contribution in [2.45, 2.75) is 31.2 Å². The molecule has 2 heterocycles. The third kappa shape index (κ3) is 3.94. The summed E-state index contributed by atoms with van der Waals surface area (Å²) in [5.41, 5.74) is 7.50. The molecule has 4 atom stereocenters. The predicted molar refractivity (Wildman–Crippen MR) is 97.2 cm³/mol. The molecule has 4 rings (SSSR count). The zero-order valence-corrected chi connectivity index (χ0v) is 14.6. The lowest BCUT2D eigenvalue weighted by atomic mass is 9.92. The summed E-state index contributed by atoms with van der Waals surface area (Å²) in [5, 5.41) is 29.8. The lowest BCUT2D eigenvalue weighted by Crippen LogP contribution is -2.28. The second-order valence-corrected chi connectivity index (χ2v) is 6.59. The first kappa shape index (κ1) is 18.5. The van der Waals surface area contributed by atoms with Gasteiger partial charge in [0, 0.05) is 10.9 Å². The maximum atomic E-state index is 10.1. The Morgan fingerprint density at radius 2 is 1.85 bits per heavy atom. The van der Waals surface area contributed by atoms with Gasteiger partial charge in [0.15, 0.2) is 11.5 Å². The van der Waals surface area contributed by atoms with Crippen molar-refractivity contribution in [3.8, 4) is 0 Å². The number of nitrogen functional groups attached to an aromatic ring is 1. The van der Waals surface area contributed by atoms with Gasteiger partial charge in [0.2, 0.25) is 0 Å². The van der Waals surface area contributed by atoms with Crippen LogP contribution in [0.25, 0.3) is 11.2 Å². The molecule has 0 aliphatic heterocycles. The van der Waals surface area contributed by atoms with Crippen LogP contribution in [0.15, 0.2) is 36.9 Å². The highest BCUT2D eigenvalue weighted by Gasteiger charge is 2.38. The minimum atomic E-state index is -0.842. The Hall–Kier alpha value is -2.26. The number of anilines is 1. The molecule has 0 bridgehead atoms. The summed E-state index contributed by atoms with van der Waals surface area (Å²) in [4.78, 5) is 14.4. The minimum Gasteiger partial charge on any atom is -0.390 e. The van der Waals surface area contributed by atoms with Crippen LogP contribution in [0.2, 0.25) is 5.02 Å². The van der Waals surface area contributed by atoms with E-state index in [1.54, 1.807) is 24.3 Å². The summed E-state index contributed by atoms with van der Waals surface area (Å²) in [6.45, 7) is 0. The molecule has 3 aromatic rings. The van der Waals surface area contributed by atoms with E-state index in [0.29, 0.717) is 34.8 Å². The monoisotopic (exact) mass is 377 g/mol. The van der Waals surface area contributed by atoms with Gasteiger partial charge in [-0.15, -0.1) is 0 Å². The Kier molecular flexibility index (Phi) is 5.67. The fraction of sp³-hybridized carbons (Fsp3) is 0.353. The lowest BCUT2D eigenvalue weighted by molar-refractivity contribution is -0.0210. The molecule has 1 aromatic carbocycles. The molecule has 1 aliphatic carbocycles. The van der Waals surface area contributed by atoms with E-state index >= 15 is 0 Å². The van der Waals surface area contributed by atoms with Gasteiger partial charge in [-0.2, -0.15) is 0 Å². The third-order valence-electron chi connectivity index (χ3n) is 4.50. The highest BCUT2D eigenvalue weighted by Crippen LogP contribution is 2.36. The van der Waals surface area contributed by atoms with E-state index in [4.69, 9.17) is 17.3 Å². The first-order valence-electron chi connectivity index (χ1n) is 8.16. The molecule has 4 unspecified atom stereocenters. The van der Waals surface area contributed by atoms with E-state index < -0.39 is 18.3 Å². The minimum absolute atomic E-state index is 0.295. The lowest BCUT2D eigenvalue weighted by Gasteiger charge is -2.22. The van der Waals surface area contributed by atoms with E-state index in [1.165, 1.54) is 12.7 Å². The number of fused-ring (bicyclic) bond motifs is 1. The molecule has 1 aliphatic rings. The summed E-state index contributed by atoms with van der Waals surface area (Å²) >= 11 is 5.76. The normalized spacial score (nSPS) is 23.5. The number of aromatic amines is 1. The third-order valence-corrected chi connectivity index (χ3v) is 4.75. The van der Waals surface area contributed by atoms with Gasteiger partial charge in [-0.3, -0.25) is 0 Å². The number of nitrogens with zero attached hydrogens (tertiary/aromatic N) is 3. The van der Waals surface area contributed by atoms with Crippen molar-refractivity contribution in [1.82, 2.24) is 19.9 Å². The number of nitrogens with one attached hydrogen (secondary N) is 1. The van der Waals surface area contributed by atoms with Gasteiger partial charge < -0.3 is 26.0 Å². The highest BCUT2D eigenvalue weighted by atomic mass is 35.5. The van der Waals surface area contributed by atoms with E-state index in [2.05, 4.69) is 19.9 Å². The summed E-state index contributed by atoms with van der Waals surface area (Å²) in [6.07, 6.45) is 1.79. The highest BCUT2D eigenvalue weighted by molar-refractivity contribution is 6.30. The number of benzene rings is 1. The van der Waals surface area contributed by atoms with Crippen molar-refractivity contribution in [2.24, 2.45) is 5.92 Å². The molecular weight excluding hydrogens is 358 g/mol. The van der Waals surface area contributed by atoms with Crippen molar-refractivity contribution >= 4 is 28.6 Å². The van der Waals surface area contributed by atoms with E-state index in [0.717, 1.165) is 5.56 Å². The maximum absolute atomic E-state index is 10.1. The Morgan fingerprint density at radius 1 is 1.12 bits per heavy atom. The number of imidazole rings is 1. The summed E-state index contributed by atoms with van der Waals surface area (Å²) in [7, 11) is 0. The molecule has 9 heteroatoms. The number of rotatable bonds is 2. The number of hydrogen-bond donors (Lipinski definition) is 5. The van der Waals surface area contributed by atoms with Crippen LogP contribution in [0, 0.1) is 5.92 Å². The van der Waals surface area contributed by atoms with Crippen LogP contribution in [-0.4, -0.2) is 47.5 Å². The summed E-state index contributed by atoms with van der Waals surface area (Å²) in [5.74, 6) is 0.138. The number of aliphatic hydroxyl groups excluding tert-OH is 3. The molecule has 6 N–H and O–H groups in total. The molecule has 1 saturated carbocycles. The Bertz CT molecular complexity index is 857. The fourth-order valence-electron chi connectivity index (χ4n) is 3.03. The SMILES string of the molecule is Nc1ncnc2nc[nH]c12.OC1CCC(C(O)c2ccc(Cl)cc2)C1O. The van der Waals surface area contributed by atoms with Gasteiger partial charge in [0.1, 0.15) is 11.8 Å². The Morgan fingerprint density at radius 3 is 2.46 bits per heavy atom. The van der Waals surface area contributed by atoms with Crippen LogP contribution >= 0.6 is 11.6 Å². The predicted octanol–water partition coefficient (Wildman–Crippen LogP) is 1.44.